The maximum atomic E-state index is 11.3. The molecular formula is C17H22O5. The predicted molar refractivity (Wildman–Crippen MR) is 84.1 cm³/mol. The second-order valence-corrected chi connectivity index (χ2v) is 5.00. The van der Waals surface area contributed by atoms with Crippen LogP contribution in [0.25, 0.3) is 0 Å². The molecular weight excluding hydrogens is 284 g/mol. The molecule has 5 heteroatoms. The molecule has 1 atom stereocenters. The SMILES string of the molecule is COC(=O)[C@H](C)/C=C/C=C(\C)Cc1c(OC)ccc(O)c1O. The van der Waals surface area contributed by atoms with Crippen molar-refractivity contribution >= 4 is 5.97 Å². The van der Waals surface area contributed by atoms with E-state index in [-0.39, 0.29) is 23.4 Å². The number of allylic oxidation sites excluding steroid dienone is 3. The Morgan fingerprint density at radius 3 is 2.59 bits per heavy atom. The third-order valence-electron chi connectivity index (χ3n) is 3.25. The van der Waals surface area contributed by atoms with Crippen LogP contribution in [0.4, 0.5) is 0 Å². The minimum Gasteiger partial charge on any atom is -0.504 e. The average molecular weight is 306 g/mol. The summed E-state index contributed by atoms with van der Waals surface area (Å²) in [5.74, 6) is -0.472. The van der Waals surface area contributed by atoms with Gasteiger partial charge in [-0.15, -0.1) is 0 Å². The number of carbonyl (C=O) groups is 1. The van der Waals surface area contributed by atoms with Gasteiger partial charge in [-0.25, -0.2) is 0 Å². The fraction of sp³-hybridized carbons (Fsp3) is 0.353. The van der Waals surface area contributed by atoms with E-state index in [1.54, 1.807) is 25.1 Å². The summed E-state index contributed by atoms with van der Waals surface area (Å²) in [6.45, 7) is 3.63. The van der Waals surface area contributed by atoms with Crippen LogP contribution >= 0.6 is 0 Å². The largest absolute Gasteiger partial charge is 0.504 e. The van der Waals surface area contributed by atoms with Crippen molar-refractivity contribution in [3.8, 4) is 17.2 Å². The van der Waals surface area contributed by atoms with Crippen LogP contribution in [-0.2, 0) is 16.0 Å². The molecule has 0 saturated heterocycles. The Kier molecular flexibility index (Phi) is 6.50. The zero-order valence-corrected chi connectivity index (χ0v) is 13.3. The molecule has 0 bridgehead atoms. The third kappa shape index (κ3) is 4.55. The van der Waals surface area contributed by atoms with Gasteiger partial charge in [-0.1, -0.05) is 23.8 Å². The first-order valence-corrected chi connectivity index (χ1v) is 6.90. The number of hydrogen-bond donors (Lipinski definition) is 2. The lowest BCUT2D eigenvalue weighted by molar-refractivity contribution is -0.143. The van der Waals surface area contributed by atoms with Gasteiger partial charge >= 0.3 is 5.97 Å². The van der Waals surface area contributed by atoms with Gasteiger partial charge in [0.2, 0.25) is 0 Å². The smallest absolute Gasteiger partial charge is 0.312 e. The van der Waals surface area contributed by atoms with Gasteiger partial charge in [0.15, 0.2) is 11.5 Å². The Morgan fingerprint density at radius 1 is 1.32 bits per heavy atom. The molecule has 0 aliphatic rings. The van der Waals surface area contributed by atoms with Gasteiger partial charge in [-0.2, -0.15) is 0 Å². The van der Waals surface area contributed by atoms with E-state index in [2.05, 4.69) is 4.74 Å². The number of esters is 1. The molecule has 1 rings (SSSR count). The molecule has 0 unspecified atom stereocenters. The van der Waals surface area contributed by atoms with Crippen LogP contribution in [0.5, 0.6) is 17.2 Å². The van der Waals surface area contributed by atoms with E-state index in [0.29, 0.717) is 17.7 Å². The van der Waals surface area contributed by atoms with Crippen molar-refractivity contribution in [3.05, 3.63) is 41.5 Å². The summed E-state index contributed by atoms with van der Waals surface area (Å²) in [7, 11) is 2.86. The van der Waals surface area contributed by atoms with E-state index < -0.39 is 0 Å². The molecule has 2 N–H and O–H groups in total. The van der Waals surface area contributed by atoms with Crippen molar-refractivity contribution in [2.45, 2.75) is 20.3 Å². The summed E-state index contributed by atoms with van der Waals surface area (Å²) < 4.78 is 9.83. The number of phenols is 2. The Labute approximate surface area is 130 Å². The molecule has 1 aromatic carbocycles. The first-order valence-electron chi connectivity index (χ1n) is 6.90. The van der Waals surface area contributed by atoms with E-state index in [1.165, 1.54) is 20.3 Å². The van der Waals surface area contributed by atoms with Gasteiger partial charge in [0.25, 0.3) is 0 Å². The van der Waals surface area contributed by atoms with Crippen LogP contribution in [0, 0.1) is 5.92 Å². The fourth-order valence-electron chi connectivity index (χ4n) is 1.96. The lowest BCUT2D eigenvalue weighted by atomic mass is 10.0. The highest BCUT2D eigenvalue weighted by Crippen LogP contribution is 2.36. The normalized spacial score (nSPS) is 13.2. The van der Waals surface area contributed by atoms with E-state index in [9.17, 15) is 15.0 Å². The quantitative estimate of drug-likeness (QED) is 0.480. The van der Waals surface area contributed by atoms with Crippen molar-refractivity contribution in [3.63, 3.8) is 0 Å². The van der Waals surface area contributed by atoms with Crippen molar-refractivity contribution in [2.75, 3.05) is 14.2 Å². The molecule has 0 amide bonds. The van der Waals surface area contributed by atoms with Crippen LogP contribution in [-0.4, -0.2) is 30.4 Å². The summed E-state index contributed by atoms with van der Waals surface area (Å²) in [6, 6.07) is 2.99. The number of phenolic OH excluding ortho intramolecular Hbond substituents is 2. The van der Waals surface area contributed by atoms with Crippen LogP contribution in [0.2, 0.25) is 0 Å². The minimum atomic E-state index is -0.322. The molecule has 22 heavy (non-hydrogen) atoms. The topological polar surface area (TPSA) is 76.0 Å². The summed E-state index contributed by atoms with van der Waals surface area (Å²) in [5.41, 5.74) is 1.46. The molecule has 120 valence electrons. The van der Waals surface area contributed by atoms with Crippen LogP contribution in [0.1, 0.15) is 19.4 Å². The zero-order chi connectivity index (χ0) is 16.7. The summed E-state index contributed by atoms with van der Waals surface area (Å²) >= 11 is 0. The van der Waals surface area contributed by atoms with Gasteiger partial charge in [0.05, 0.1) is 20.1 Å². The number of aromatic hydroxyl groups is 2. The van der Waals surface area contributed by atoms with Gasteiger partial charge in [-0.3, -0.25) is 4.79 Å². The highest BCUT2D eigenvalue weighted by atomic mass is 16.5. The van der Waals surface area contributed by atoms with Crippen LogP contribution in [0.3, 0.4) is 0 Å². The van der Waals surface area contributed by atoms with Crippen molar-refractivity contribution < 1.29 is 24.5 Å². The highest BCUT2D eigenvalue weighted by Gasteiger charge is 2.13. The van der Waals surface area contributed by atoms with Crippen molar-refractivity contribution in [1.29, 1.82) is 0 Å². The number of benzene rings is 1. The molecule has 0 heterocycles. The highest BCUT2D eigenvalue weighted by molar-refractivity contribution is 5.73. The number of methoxy groups -OCH3 is 2. The standard InChI is InChI=1S/C17H22O5/c1-11(6-5-7-12(2)17(20)22-4)10-13-15(21-3)9-8-14(18)16(13)19/h5-9,12,18-19H,10H2,1-4H3/b7-5+,11-6+/t12-/m1/s1. The number of ether oxygens (including phenoxy) is 2. The monoisotopic (exact) mass is 306 g/mol. The maximum absolute atomic E-state index is 11.3. The van der Waals surface area contributed by atoms with Crippen LogP contribution in [0.15, 0.2) is 35.9 Å². The number of rotatable bonds is 6. The third-order valence-corrected chi connectivity index (χ3v) is 3.25. The average Bonchev–Trinajstić information content (AvgIpc) is 2.51. The Morgan fingerprint density at radius 2 is 2.00 bits per heavy atom. The molecule has 0 spiro atoms. The van der Waals surface area contributed by atoms with Crippen LogP contribution < -0.4 is 4.74 Å². The van der Waals surface area contributed by atoms with Gasteiger partial charge in [0, 0.05) is 12.0 Å². The lowest BCUT2D eigenvalue weighted by Gasteiger charge is -2.11. The second-order valence-electron chi connectivity index (χ2n) is 5.00. The van der Waals surface area contributed by atoms with Gasteiger partial charge < -0.3 is 19.7 Å². The summed E-state index contributed by atoms with van der Waals surface area (Å²) in [6.07, 6.45) is 5.75. The Balaban J connectivity index is 2.87. The maximum Gasteiger partial charge on any atom is 0.312 e. The van der Waals surface area contributed by atoms with Crippen molar-refractivity contribution in [2.24, 2.45) is 5.92 Å². The van der Waals surface area contributed by atoms with Gasteiger partial charge in [-0.05, 0) is 26.0 Å². The molecule has 0 aliphatic heterocycles. The summed E-state index contributed by atoms with van der Waals surface area (Å²) in [5, 5.41) is 19.5. The molecule has 5 nitrogen and oxygen atoms in total. The van der Waals surface area contributed by atoms with E-state index in [0.717, 1.165) is 5.57 Å². The molecule has 0 aliphatic carbocycles. The Bertz CT molecular complexity index is 587. The number of hydrogen-bond acceptors (Lipinski definition) is 5. The van der Waals surface area contributed by atoms with E-state index in [1.807, 2.05) is 13.0 Å². The molecule has 1 aromatic rings. The van der Waals surface area contributed by atoms with E-state index in [4.69, 9.17) is 4.74 Å². The Hall–Kier alpha value is -2.43. The fourth-order valence-corrected chi connectivity index (χ4v) is 1.96. The lowest BCUT2D eigenvalue weighted by Crippen LogP contribution is -2.09. The van der Waals surface area contributed by atoms with E-state index >= 15 is 0 Å². The zero-order valence-electron chi connectivity index (χ0n) is 13.3. The second kappa shape index (κ2) is 8.12. The first-order chi connectivity index (χ1) is 10.4. The molecule has 0 radical (unpaired) electrons. The number of carbonyl (C=O) groups excluding carboxylic acids is 1. The molecule has 0 fully saturated rings. The summed E-state index contributed by atoms with van der Waals surface area (Å²) in [4.78, 5) is 11.3. The molecule has 0 saturated carbocycles. The van der Waals surface area contributed by atoms with Crippen molar-refractivity contribution in [1.82, 2.24) is 0 Å². The molecule has 0 aromatic heterocycles. The minimum absolute atomic E-state index is 0.181. The predicted octanol–water partition coefficient (Wildman–Crippen LogP) is 2.96. The van der Waals surface area contributed by atoms with Gasteiger partial charge in [0.1, 0.15) is 5.75 Å². The first kappa shape index (κ1) is 17.6.